The number of hydrogen-bond donors (Lipinski definition) is 0. The highest BCUT2D eigenvalue weighted by molar-refractivity contribution is 5.84. The third-order valence-corrected chi connectivity index (χ3v) is 6.26. The predicted octanol–water partition coefficient (Wildman–Crippen LogP) is 7.60. The lowest BCUT2D eigenvalue weighted by Gasteiger charge is -2.10. The van der Waals surface area contributed by atoms with E-state index in [-0.39, 0.29) is 5.82 Å². The van der Waals surface area contributed by atoms with E-state index < -0.39 is 0 Å². The molecule has 2 nitrogen and oxygen atoms in total. The van der Waals surface area contributed by atoms with Gasteiger partial charge >= 0.3 is 0 Å². The van der Waals surface area contributed by atoms with E-state index in [1.54, 1.807) is 0 Å². The number of nitriles is 1. The van der Waals surface area contributed by atoms with E-state index in [9.17, 15) is 0 Å². The maximum atomic E-state index is 15.2. The van der Waals surface area contributed by atoms with Crippen LogP contribution in [-0.2, 0) is 25.7 Å². The summed E-state index contributed by atoms with van der Waals surface area (Å²) in [6, 6.07) is 27.9. The maximum Gasteiger partial charge on any atom is 0.134 e. The van der Waals surface area contributed by atoms with E-state index >= 15 is 4.39 Å². The van der Waals surface area contributed by atoms with E-state index in [2.05, 4.69) is 31.2 Å². The van der Waals surface area contributed by atoms with E-state index in [4.69, 9.17) is 10.00 Å². The summed E-state index contributed by atoms with van der Waals surface area (Å²) in [6.07, 6.45) is 5.43. The SMILES string of the molecule is CCCCOc1ccc(CCc2ccc3c(F)c(CCc4ccc(C#N)cc4)ccc3c2)cc1. The minimum atomic E-state index is -0.128. The first kappa shape index (κ1) is 23.5. The molecule has 0 aliphatic carbocycles. The highest BCUT2D eigenvalue weighted by Crippen LogP contribution is 2.24. The van der Waals surface area contributed by atoms with Crippen LogP contribution in [-0.4, -0.2) is 6.61 Å². The normalized spacial score (nSPS) is 10.9. The molecule has 4 aromatic rings. The zero-order valence-electron chi connectivity index (χ0n) is 19.7. The van der Waals surface area contributed by atoms with Crippen LogP contribution in [0.3, 0.4) is 0 Å². The van der Waals surface area contributed by atoms with E-state index in [0.717, 1.165) is 61.0 Å². The van der Waals surface area contributed by atoms with Gasteiger partial charge in [0.1, 0.15) is 11.6 Å². The molecule has 3 heteroatoms. The summed E-state index contributed by atoms with van der Waals surface area (Å²) in [4.78, 5) is 0. The van der Waals surface area contributed by atoms with Gasteiger partial charge in [0, 0.05) is 5.39 Å². The molecule has 4 rings (SSSR count). The fourth-order valence-electron chi connectivity index (χ4n) is 4.14. The fraction of sp³-hybridized carbons (Fsp3) is 0.258. The molecule has 0 aliphatic rings. The third-order valence-electron chi connectivity index (χ3n) is 6.26. The number of hydrogen-bond acceptors (Lipinski definition) is 2. The summed E-state index contributed by atoms with van der Waals surface area (Å²) in [6.45, 7) is 2.92. The molecule has 0 N–H and O–H groups in total. The molecule has 0 amide bonds. The molecule has 0 atom stereocenters. The molecule has 0 unspecified atom stereocenters. The topological polar surface area (TPSA) is 33.0 Å². The van der Waals surface area contributed by atoms with Crippen LogP contribution in [0.4, 0.5) is 4.39 Å². The van der Waals surface area contributed by atoms with Crippen molar-refractivity contribution in [1.29, 1.82) is 5.26 Å². The van der Waals surface area contributed by atoms with Gasteiger partial charge in [0.2, 0.25) is 0 Å². The monoisotopic (exact) mass is 451 g/mol. The van der Waals surface area contributed by atoms with Crippen molar-refractivity contribution in [2.24, 2.45) is 0 Å². The number of ether oxygens (including phenoxy) is 1. The van der Waals surface area contributed by atoms with E-state index in [1.807, 2.05) is 60.7 Å². The molecule has 0 aromatic heterocycles. The average Bonchev–Trinajstić information content (AvgIpc) is 2.88. The van der Waals surface area contributed by atoms with Crippen molar-refractivity contribution in [2.75, 3.05) is 6.61 Å². The van der Waals surface area contributed by atoms with Crippen LogP contribution in [0.5, 0.6) is 5.75 Å². The van der Waals surface area contributed by atoms with Crippen molar-refractivity contribution in [3.8, 4) is 11.8 Å². The van der Waals surface area contributed by atoms with Crippen LogP contribution < -0.4 is 4.74 Å². The van der Waals surface area contributed by atoms with Crippen LogP contribution in [0.2, 0.25) is 0 Å². The van der Waals surface area contributed by atoms with Crippen LogP contribution >= 0.6 is 0 Å². The van der Waals surface area contributed by atoms with Gasteiger partial charge in [0.25, 0.3) is 0 Å². The largest absolute Gasteiger partial charge is 0.494 e. The van der Waals surface area contributed by atoms with Crippen molar-refractivity contribution in [3.05, 3.63) is 112 Å². The number of rotatable bonds is 10. The minimum Gasteiger partial charge on any atom is -0.494 e. The van der Waals surface area contributed by atoms with Gasteiger partial charge in [-0.15, -0.1) is 0 Å². The standard InChI is InChI=1S/C31H30FNO/c1-2-3-20-34-29-17-11-24(12-18-29)4-7-25-13-19-30-28(21-25)16-15-27(31(30)32)14-10-23-5-8-26(22-33)9-6-23/h5-6,8-9,11-13,15-19,21H,2-4,7,10,14,20H2,1H3. The van der Waals surface area contributed by atoms with E-state index in [0.29, 0.717) is 17.4 Å². The maximum absolute atomic E-state index is 15.2. The molecule has 0 fully saturated rings. The molecule has 0 saturated carbocycles. The second kappa shape index (κ2) is 11.5. The number of nitrogens with zero attached hydrogens (tertiary/aromatic N) is 1. The Balaban J connectivity index is 1.37. The summed E-state index contributed by atoms with van der Waals surface area (Å²) >= 11 is 0. The number of unbranched alkanes of at least 4 members (excludes halogenated alkanes) is 1. The lowest BCUT2D eigenvalue weighted by molar-refractivity contribution is 0.309. The molecule has 4 aromatic carbocycles. The Morgan fingerprint density at radius 3 is 2.12 bits per heavy atom. The average molecular weight is 452 g/mol. The second-order valence-corrected chi connectivity index (χ2v) is 8.75. The Morgan fingerprint density at radius 1 is 0.765 bits per heavy atom. The Bertz CT molecular complexity index is 1270. The van der Waals surface area contributed by atoms with Crippen LogP contribution in [0, 0.1) is 17.1 Å². The number of benzene rings is 4. The lowest BCUT2D eigenvalue weighted by Crippen LogP contribution is -1.98. The van der Waals surface area contributed by atoms with Crippen molar-refractivity contribution in [2.45, 2.75) is 45.4 Å². The van der Waals surface area contributed by atoms with Gasteiger partial charge in [0.05, 0.1) is 18.2 Å². The molecular formula is C31H30FNO. The smallest absolute Gasteiger partial charge is 0.134 e. The molecule has 172 valence electrons. The van der Waals surface area contributed by atoms with Gasteiger partial charge < -0.3 is 4.74 Å². The first-order chi connectivity index (χ1) is 16.7. The molecule has 0 heterocycles. The zero-order valence-corrected chi connectivity index (χ0v) is 19.7. The fourth-order valence-corrected chi connectivity index (χ4v) is 4.14. The van der Waals surface area contributed by atoms with Crippen molar-refractivity contribution in [1.82, 2.24) is 0 Å². The molecule has 0 bridgehead atoms. The minimum absolute atomic E-state index is 0.128. The zero-order chi connectivity index (χ0) is 23.8. The molecule has 0 aliphatic heterocycles. The predicted molar refractivity (Wildman–Crippen MR) is 137 cm³/mol. The Kier molecular flexibility index (Phi) is 7.94. The number of fused-ring (bicyclic) bond motifs is 1. The number of halogens is 1. The third kappa shape index (κ3) is 6.02. The molecule has 0 radical (unpaired) electrons. The Morgan fingerprint density at radius 2 is 1.41 bits per heavy atom. The summed E-state index contributed by atoms with van der Waals surface area (Å²) in [7, 11) is 0. The Labute approximate surface area is 201 Å². The molecule has 0 saturated heterocycles. The highest BCUT2D eigenvalue weighted by atomic mass is 19.1. The van der Waals surface area contributed by atoms with Crippen LogP contribution in [0.15, 0.2) is 78.9 Å². The van der Waals surface area contributed by atoms with Gasteiger partial charge in [-0.05, 0) is 84.0 Å². The van der Waals surface area contributed by atoms with E-state index in [1.165, 1.54) is 11.1 Å². The molecule has 34 heavy (non-hydrogen) atoms. The first-order valence-corrected chi connectivity index (χ1v) is 12.1. The van der Waals surface area contributed by atoms with Gasteiger partial charge in [-0.2, -0.15) is 5.26 Å². The Hall–Kier alpha value is -3.64. The highest BCUT2D eigenvalue weighted by Gasteiger charge is 2.09. The van der Waals surface area contributed by atoms with Gasteiger partial charge in [-0.25, -0.2) is 4.39 Å². The van der Waals surface area contributed by atoms with Gasteiger partial charge in [-0.3, -0.25) is 0 Å². The summed E-state index contributed by atoms with van der Waals surface area (Å²) in [5.41, 5.74) is 4.96. The molecular weight excluding hydrogens is 421 g/mol. The van der Waals surface area contributed by atoms with Crippen LogP contribution in [0.1, 0.15) is 47.6 Å². The number of aryl methyl sites for hydroxylation is 4. The second-order valence-electron chi connectivity index (χ2n) is 8.75. The van der Waals surface area contributed by atoms with Gasteiger partial charge in [-0.1, -0.05) is 67.9 Å². The summed E-state index contributed by atoms with van der Waals surface area (Å²) in [5, 5.41) is 10.5. The molecule has 0 spiro atoms. The quantitative estimate of drug-likeness (QED) is 0.233. The van der Waals surface area contributed by atoms with Crippen LogP contribution in [0.25, 0.3) is 10.8 Å². The van der Waals surface area contributed by atoms with Crippen molar-refractivity contribution >= 4 is 10.8 Å². The first-order valence-electron chi connectivity index (χ1n) is 12.1. The van der Waals surface area contributed by atoms with Crippen molar-refractivity contribution in [3.63, 3.8) is 0 Å². The summed E-state index contributed by atoms with van der Waals surface area (Å²) in [5.74, 6) is 0.796. The lowest BCUT2D eigenvalue weighted by atomic mass is 9.97. The van der Waals surface area contributed by atoms with Crippen molar-refractivity contribution < 1.29 is 9.13 Å². The summed E-state index contributed by atoms with van der Waals surface area (Å²) < 4.78 is 20.9. The van der Waals surface area contributed by atoms with Gasteiger partial charge in [0.15, 0.2) is 0 Å².